The molecule has 0 saturated heterocycles. The Hall–Kier alpha value is -0.943. The Morgan fingerprint density at radius 1 is 1.31 bits per heavy atom. The van der Waals surface area contributed by atoms with E-state index < -0.39 is 14.7 Å². The van der Waals surface area contributed by atoms with Gasteiger partial charge in [-0.3, -0.25) is 8.22 Å². The Morgan fingerprint density at radius 3 is 2.08 bits per heavy atom. The number of hydrogen-bond donors (Lipinski definition) is 0. The normalized spacial score (nSPS) is 13.5. The summed E-state index contributed by atoms with van der Waals surface area (Å²) in [5, 5.41) is 16.8. The van der Waals surface area contributed by atoms with Crippen LogP contribution in [0.1, 0.15) is 13.3 Å². The summed E-state index contributed by atoms with van der Waals surface area (Å²) in [6, 6.07) is 3.42. The molecule has 0 bridgehead atoms. The minimum atomic E-state index is -4.03. The second-order valence-electron chi connectivity index (χ2n) is 3.43. The smallest absolute Gasteiger partial charge is 0.271 e. The molecule has 0 aliphatic rings. The summed E-state index contributed by atoms with van der Waals surface area (Å²) in [5.74, 6) is -0.984. The van der Waals surface area contributed by atoms with Gasteiger partial charge in [0, 0.05) is 6.04 Å². The number of hydrogen-bond acceptors (Lipinski definition) is 2. The first-order valence-electron chi connectivity index (χ1n) is 4.06. The van der Waals surface area contributed by atoms with Gasteiger partial charge in [0.05, 0.1) is 12.1 Å². The van der Waals surface area contributed by atoms with E-state index in [0.29, 0.717) is 0 Å². The first kappa shape index (κ1) is 12.1. The molecule has 2 nitrogen and oxygen atoms in total. The standard InChI is InChI=1S/C8H12F2N2Si/c1-7(6-13(2,9)10)3-8(4-11)5-12/h7-8H,3,6H2,1-2H3. The molecular formula is C8H12F2N2Si. The van der Waals surface area contributed by atoms with E-state index in [4.69, 9.17) is 10.5 Å². The van der Waals surface area contributed by atoms with Crippen molar-refractivity contribution in [2.45, 2.75) is 25.9 Å². The van der Waals surface area contributed by atoms with Crippen LogP contribution in [0.5, 0.6) is 0 Å². The quantitative estimate of drug-likeness (QED) is 0.519. The zero-order valence-electron chi connectivity index (χ0n) is 7.72. The van der Waals surface area contributed by atoms with Crippen LogP contribution in [0.4, 0.5) is 8.22 Å². The second kappa shape index (κ2) is 4.93. The van der Waals surface area contributed by atoms with Crippen LogP contribution < -0.4 is 0 Å². The van der Waals surface area contributed by atoms with Gasteiger partial charge in [-0.15, -0.1) is 0 Å². The molecule has 0 heterocycles. The van der Waals surface area contributed by atoms with Gasteiger partial charge in [-0.2, -0.15) is 10.5 Å². The van der Waals surface area contributed by atoms with E-state index in [1.54, 1.807) is 19.1 Å². The lowest BCUT2D eigenvalue weighted by atomic mass is 10.00. The Balaban J connectivity index is 3.97. The Labute approximate surface area is 78.1 Å². The van der Waals surface area contributed by atoms with Crippen LogP contribution in [0.2, 0.25) is 12.6 Å². The van der Waals surface area contributed by atoms with Crippen molar-refractivity contribution in [3.8, 4) is 12.1 Å². The summed E-state index contributed by atoms with van der Waals surface area (Å²) in [5.41, 5.74) is 0. The highest BCUT2D eigenvalue weighted by atomic mass is 28.4. The van der Waals surface area contributed by atoms with E-state index >= 15 is 0 Å². The number of nitrogens with zero attached hydrogens (tertiary/aromatic N) is 2. The lowest BCUT2D eigenvalue weighted by molar-refractivity contribution is 0.493. The van der Waals surface area contributed by atoms with E-state index in [-0.39, 0.29) is 18.4 Å². The maximum Gasteiger partial charge on any atom is 0.422 e. The van der Waals surface area contributed by atoms with Crippen LogP contribution in [0, 0.1) is 34.5 Å². The molecule has 0 aliphatic heterocycles. The second-order valence-corrected chi connectivity index (χ2v) is 5.97. The minimum absolute atomic E-state index is 0.132. The Bertz CT molecular complexity index is 222. The predicted molar refractivity (Wildman–Crippen MR) is 47.1 cm³/mol. The molecule has 0 rings (SSSR count). The van der Waals surface area contributed by atoms with Crippen LogP contribution in [0.3, 0.4) is 0 Å². The van der Waals surface area contributed by atoms with Crippen molar-refractivity contribution >= 4 is 8.74 Å². The molecule has 0 aromatic rings. The van der Waals surface area contributed by atoms with E-state index in [2.05, 4.69) is 0 Å². The average Bonchev–Trinajstić information content (AvgIpc) is 1.96. The van der Waals surface area contributed by atoms with Crippen molar-refractivity contribution in [3.05, 3.63) is 0 Å². The SMILES string of the molecule is CC(CC(C#N)C#N)C[Si](C)(F)F. The van der Waals surface area contributed by atoms with Gasteiger partial charge >= 0.3 is 8.74 Å². The van der Waals surface area contributed by atoms with Gasteiger partial charge in [0.25, 0.3) is 0 Å². The van der Waals surface area contributed by atoms with E-state index in [9.17, 15) is 8.22 Å². The van der Waals surface area contributed by atoms with Crippen LogP contribution in [-0.2, 0) is 0 Å². The van der Waals surface area contributed by atoms with E-state index in [1.165, 1.54) is 0 Å². The predicted octanol–water partition coefficient (Wildman–Crippen LogP) is 2.69. The van der Waals surface area contributed by atoms with Crippen LogP contribution in [-0.4, -0.2) is 8.74 Å². The molecule has 1 unspecified atom stereocenters. The number of nitriles is 2. The topological polar surface area (TPSA) is 47.6 Å². The van der Waals surface area contributed by atoms with Crippen molar-refractivity contribution < 1.29 is 8.22 Å². The van der Waals surface area contributed by atoms with Crippen molar-refractivity contribution in [2.24, 2.45) is 11.8 Å². The maximum absolute atomic E-state index is 12.6. The van der Waals surface area contributed by atoms with Crippen LogP contribution in [0.25, 0.3) is 0 Å². The Morgan fingerprint density at radius 2 is 1.77 bits per heavy atom. The van der Waals surface area contributed by atoms with Crippen LogP contribution in [0.15, 0.2) is 0 Å². The molecule has 0 fully saturated rings. The van der Waals surface area contributed by atoms with Crippen molar-refractivity contribution in [1.82, 2.24) is 0 Å². The molecule has 5 heteroatoms. The fourth-order valence-electron chi connectivity index (χ4n) is 1.23. The summed E-state index contributed by atoms with van der Waals surface area (Å²) in [7, 11) is -4.03. The zero-order chi connectivity index (χ0) is 10.5. The molecule has 0 amide bonds. The zero-order valence-corrected chi connectivity index (χ0v) is 8.72. The molecule has 0 aromatic carbocycles. The third-order valence-corrected chi connectivity index (χ3v) is 3.07. The third-order valence-electron chi connectivity index (χ3n) is 1.66. The summed E-state index contributed by atoms with van der Waals surface area (Å²) < 4.78 is 25.2. The minimum Gasteiger partial charge on any atom is -0.271 e. The van der Waals surface area contributed by atoms with Crippen molar-refractivity contribution in [2.75, 3.05) is 0 Å². The van der Waals surface area contributed by atoms with Gasteiger partial charge < -0.3 is 0 Å². The average molecular weight is 202 g/mol. The lowest BCUT2D eigenvalue weighted by Crippen LogP contribution is -2.20. The number of rotatable bonds is 4. The van der Waals surface area contributed by atoms with Gasteiger partial charge in [0.1, 0.15) is 5.92 Å². The largest absolute Gasteiger partial charge is 0.422 e. The van der Waals surface area contributed by atoms with E-state index in [0.717, 1.165) is 6.55 Å². The number of halogens is 2. The molecule has 72 valence electrons. The first-order chi connectivity index (χ1) is 5.89. The highest BCUT2D eigenvalue weighted by molar-refractivity contribution is 6.64. The molecular weight excluding hydrogens is 190 g/mol. The van der Waals surface area contributed by atoms with Crippen molar-refractivity contribution in [3.63, 3.8) is 0 Å². The van der Waals surface area contributed by atoms with Gasteiger partial charge in [-0.1, -0.05) is 6.92 Å². The molecule has 1 atom stereocenters. The molecule has 13 heavy (non-hydrogen) atoms. The first-order valence-corrected chi connectivity index (χ1v) is 6.52. The fourth-order valence-corrected chi connectivity index (χ4v) is 2.62. The summed E-state index contributed by atoms with van der Waals surface area (Å²) >= 11 is 0. The van der Waals surface area contributed by atoms with Gasteiger partial charge in [-0.05, 0) is 18.9 Å². The maximum atomic E-state index is 12.6. The fraction of sp³-hybridized carbons (Fsp3) is 0.750. The summed E-state index contributed by atoms with van der Waals surface area (Å²) in [4.78, 5) is 0. The molecule has 0 aliphatic carbocycles. The van der Waals surface area contributed by atoms with Gasteiger partial charge in [-0.25, -0.2) is 0 Å². The van der Waals surface area contributed by atoms with E-state index in [1.807, 2.05) is 0 Å². The summed E-state index contributed by atoms with van der Waals surface area (Å²) in [6.07, 6.45) is 0.253. The van der Waals surface area contributed by atoms with Gasteiger partial charge in [0.15, 0.2) is 0 Å². The monoisotopic (exact) mass is 202 g/mol. The van der Waals surface area contributed by atoms with Crippen LogP contribution >= 0.6 is 0 Å². The highest BCUT2D eigenvalue weighted by Gasteiger charge is 2.31. The molecule has 0 aromatic heterocycles. The lowest BCUT2D eigenvalue weighted by Gasteiger charge is -2.13. The van der Waals surface area contributed by atoms with Gasteiger partial charge in [0.2, 0.25) is 0 Å². The molecule has 0 N–H and O–H groups in total. The third kappa shape index (κ3) is 6.24. The Kier molecular flexibility index (Phi) is 4.57. The highest BCUT2D eigenvalue weighted by Crippen LogP contribution is 2.24. The molecule has 0 spiro atoms. The summed E-state index contributed by atoms with van der Waals surface area (Å²) in [6.45, 7) is 2.64. The molecule has 0 radical (unpaired) electrons. The van der Waals surface area contributed by atoms with Crippen molar-refractivity contribution in [1.29, 1.82) is 10.5 Å². The molecule has 0 saturated carbocycles.